The number of esters is 1. The van der Waals surface area contributed by atoms with Crippen LogP contribution in [0, 0.1) is 0 Å². The van der Waals surface area contributed by atoms with Crippen LogP contribution in [0.1, 0.15) is 174 Å². The van der Waals surface area contributed by atoms with Crippen LogP contribution in [-0.4, -0.2) is 59.3 Å². The lowest BCUT2D eigenvalue weighted by molar-refractivity contribution is -0.150. The molecule has 0 aromatic heterocycles. The van der Waals surface area contributed by atoms with Crippen molar-refractivity contribution in [1.82, 2.24) is 10.6 Å². The Hall–Kier alpha value is -2.94. The highest BCUT2D eigenvalue weighted by molar-refractivity contribution is 5.87. The Kier molecular flexibility index (Phi) is 33.8. The number of aliphatic carboxylic acids is 1. The Bertz CT molecular complexity index is 947. The van der Waals surface area contributed by atoms with Crippen LogP contribution in [0.15, 0.2) is 36.5 Å². The Labute approximate surface area is 304 Å². The Morgan fingerprint density at radius 2 is 1.14 bits per heavy atom. The van der Waals surface area contributed by atoms with Crippen LogP contribution < -0.4 is 10.6 Å². The molecule has 0 heterocycles. The highest BCUT2D eigenvalue weighted by Gasteiger charge is 2.19. The minimum atomic E-state index is -1.38. The Balaban J connectivity index is 4.21. The van der Waals surface area contributed by atoms with Gasteiger partial charge >= 0.3 is 11.9 Å². The molecular weight excluding hydrogens is 632 g/mol. The highest BCUT2D eigenvalue weighted by atomic mass is 16.5. The monoisotopic (exact) mass is 705 g/mol. The molecule has 0 aromatic carbocycles. The van der Waals surface area contributed by atoms with Crippen LogP contribution in [0.25, 0.3) is 0 Å². The fourth-order valence-corrected chi connectivity index (χ4v) is 5.61. The summed E-state index contributed by atoms with van der Waals surface area (Å²) < 4.78 is 5.98. The van der Waals surface area contributed by atoms with E-state index in [0.717, 1.165) is 89.9 Å². The summed E-state index contributed by atoms with van der Waals surface area (Å²) in [4.78, 5) is 47.3. The van der Waals surface area contributed by atoms with Crippen molar-refractivity contribution in [3.8, 4) is 0 Å². The first kappa shape index (κ1) is 47.1. The van der Waals surface area contributed by atoms with E-state index in [-0.39, 0.29) is 24.5 Å². The van der Waals surface area contributed by atoms with Crippen molar-refractivity contribution in [1.29, 1.82) is 0 Å². The predicted octanol–water partition coefficient (Wildman–Crippen LogP) is 9.04. The maximum Gasteiger partial charge on any atom is 0.328 e. The maximum absolute atomic E-state index is 12.7. The molecule has 0 aliphatic rings. The Morgan fingerprint density at radius 3 is 1.72 bits per heavy atom. The third-order valence-electron chi connectivity index (χ3n) is 8.65. The van der Waals surface area contributed by atoms with Gasteiger partial charge in [0.1, 0.15) is 12.1 Å². The van der Waals surface area contributed by atoms with Crippen molar-refractivity contribution < 1.29 is 34.1 Å². The number of hydrogen-bond acceptors (Lipinski definition) is 6. The van der Waals surface area contributed by atoms with Crippen LogP contribution in [0.3, 0.4) is 0 Å². The van der Waals surface area contributed by atoms with Gasteiger partial charge in [-0.25, -0.2) is 4.79 Å². The number of hydrogen-bond donors (Lipinski definition) is 4. The fraction of sp³-hybridized carbons (Fsp3) is 0.756. The number of carboxylic acids is 1. The number of allylic oxidation sites excluding steroid dienone is 6. The standard InChI is InChI=1S/C41H72N2O7/c1-3-5-7-9-11-12-13-14-15-16-17-18-20-25-29-33-40(47)50-36(30-26-22-19-10-8-6-4-2)31-27-23-21-24-28-32-38(45)42-34-39(46)43-37(35-44)41(48)49/h5,7,11-12,14-15,36-37,44H,3-4,6,8-10,13,16-35H2,1-2H3,(H,42,45)(H,43,46)(H,48,49)/b7-5-,12-11-,15-14-. The highest BCUT2D eigenvalue weighted by Crippen LogP contribution is 2.18. The fourth-order valence-electron chi connectivity index (χ4n) is 5.61. The zero-order chi connectivity index (χ0) is 36.9. The van der Waals surface area contributed by atoms with Crippen LogP contribution in [-0.2, 0) is 23.9 Å². The van der Waals surface area contributed by atoms with Crippen LogP contribution in [0.4, 0.5) is 0 Å². The average Bonchev–Trinajstić information content (AvgIpc) is 3.10. The molecule has 0 spiro atoms. The molecule has 2 amide bonds. The molecule has 288 valence electrons. The van der Waals surface area contributed by atoms with Gasteiger partial charge in [-0.05, 0) is 70.6 Å². The number of rotatable bonds is 35. The van der Waals surface area contributed by atoms with Crippen molar-refractivity contribution in [2.75, 3.05) is 13.2 Å². The number of carbonyl (C=O) groups excluding carboxylic acids is 3. The molecule has 4 N–H and O–H groups in total. The van der Waals surface area contributed by atoms with Crippen LogP contribution in [0.5, 0.6) is 0 Å². The molecule has 0 bridgehead atoms. The second-order valence-electron chi connectivity index (χ2n) is 13.3. The number of aliphatic hydroxyl groups is 1. The van der Waals surface area contributed by atoms with Crippen molar-refractivity contribution in [3.05, 3.63) is 36.5 Å². The van der Waals surface area contributed by atoms with E-state index >= 15 is 0 Å². The molecule has 0 aromatic rings. The molecule has 9 nitrogen and oxygen atoms in total. The van der Waals surface area contributed by atoms with Gasteiger partial charge in [0.15, 0.2) is 0 Å². The molecule has 0 saturated heterocycles. The topological polar surface area (TPSA) is 142 Å². The van der Waals surface area contributed by atoms with Crippen molar-refractivity contribution in [2.24, 2.45) is 0 Å². The molecule has 0 radical (unpaired) electrons. The summed E-state index contributed by atoms with van der Waals surface area (Å²) in [5.41, 5.74) is 0. The minimum Gasteiger partial charge on any atom is -0.480 e. The number of carbonyl (C=O) groups is 4. The summed E-state index contributed by atoms with van der Waals surface area (Å²) in [5, 5.41) is 22.5. The first-order chi connectivity index (χ1) is 24.3. The van der Waals surface area contributed by atoms with E-state index in [1.807, 2.05) is 0 Å². The lowest BCUT2D eigenvalue weighted by Gasteiger charge is -2.18. The zero-order valence-electron chi connectivity index (χ0n) is 31.6. The number of amides is 2. The molecule has 0 fully saturated rings. The molecule has 2 unspecified atom stereocenters. The maximum atomic E-state index is 12.7. The molecule has 0 aliphatic carbocycles. The summed E-state index contributed by atoms with van der Waals surface area (Å²) in [5.74, 6) is -2.31. The molecular formula is C41H72N2O7. The van der Waals surface area contributed by atoms with E-state index in [0.29, 0.717) is 19.3 Å². The lowest BCUT2D eigenvalue weighted by Crippen LogP contribution is -2.47. The minimum absolute atomic E-state index is 0.0175. The molecule has 9 heteroatoms. The first-order valence-corrected chi connectivity index (χ1v) is 19.9. The summed E-state index contributed by atoms with van der Waals surface area (Å²) in [7, 11) is 0. The van der Waals surface area contributed by atoms with Gasteiger partial charge in [0, 0.05) is 12.8 Å². The predicted molar refractivity (Wildman–Crippen MR) is 204 cm³/mol. The lowest BCUT2D eigenvalue weighted by atomic mass is 10.0. The first-order valence-electron chi connectivity index (χ1n) is 19.9. The average molecular weight is 705 g/mol. The van der Waals surface area contributed by atoms with Crippen molar-refractivity contribution >= 4 is 23.8 Å². The third kappa shape index (κ3) is 32.3. The van der Waals surface area contributed by atoms with E-state index < -0.39 is 24.5 Å². The molecule has 0 rings (SSSR count). The van der Waals surface area contributed by atoms with Gasteiger partial charge in [-0.2, -0.15) is 0 Å². The largest absolute Gasteiger partial charge is 0.480 e. The summed E-state index contributed by atoms with van der Waals surface area (Å²) in [6.45, 7) is 3.34. The number of aliphatic hydroxyl groups excluding tert-OH is 1. The van der Waals surface area contributed by atoms with Crippen LogP contribution in [0.2, 0.25) is 0 Å². The van der Waals surface area contributed by atoms with Crippen molar-refractivity contribution in [3.63, 3.8) is 0 Å². The van der Waals surface area contributed by atoms with E-state index in [1.54, 1.807) is 0 Å². The number of unbranched alkanes of at least 4 members (excludes halogenated alkanes) is 15. The molecule has 0 aliphatic heterocycles. The normalized spacial score (nSPS) is 12.9. The van der Waals surface area contributed by atoms with Crippen molar-refractivity contribution in [2.45, 2.75) is 187 Å². The smallest absolute Gasteiger partial charge is 0.328 e. The second-order valence-corrected chi connectivity index (χ2v) is 13.3. The molecule has 50 heavy (non-hydrogen) atoms. The van der Waals surface area contributed by atoms with Gasteiger partial charge < -0.3 is 25.6 Å². The van der Waals surface area contributed by atoms with Crippen LogP contribution >= 0.6 is 0 Å². The quantitative estimate of drug-likeness (QED) is 0.0293. The number of ether oxygens (including phenoxy) is 1. The molecule has 2 atom stereocenters. The summed E-state index contributed by atoms with van der Waals surface area (Å²) >= 11 is 0. The van der Waals surface area contributed by atoms with Gasteiger partial charge in [0.25, 0.3) is 0 Å². The number of nitrogens with one attached hydrogen (secondary N) is 2. The van der Waals surface area contributed by atoms with Gasteiger partial charge in [-0.1, -0.05) is 127 Å². The van der Waals surface area contributed by atoms with E-state index in [4.69, 9.17) is 14.9 Å². The van der Waals surface area contributed by atoms with Gasteiger partial charge in [-0.15, -0.1) is 0 Å². The summed E-state index contributed by atoms with van der Waals surface area (Å²) in [6.07, 6.45) is 38.9. The second kappa shape index (κ2) is 35.9. The molecule has 0 saturated carbocycles. The van der Waals surface area contributed by atoms with E-state index in [2.05, 4.69) is 60.9 Å². The van der Waals surface area contributed by atoms with E-state index in [9.17, 15) is 19.2 Å². The van der Waals surface area contributed by atoms with Gasteiger partial charge in [0.05, 0.1) is 13.2 Å². The van der Waals surface area contributed by atoms with E-state index in [1.165, 1.54) is 51.4 Å². The Morgan fingerprint density at radius 1 is 0.620 bits per heavy atom. The third-order valence-corrected chi connectivity index (χ3v) is 8.65. The summed E-state index contributed by atoms with van der Waals surface area (Å²) in [6, 6.07) is -1.38. The SMILES string of the molecule is CC/C=C\C/C=C\C/C=C\CCCCCCCC(=O)OC(CCCCCCCCC)CCCCCCCC(=O)NCC(=O)NC(CO)C(=O)O. The number of carboxylic acid groups (broad SMARTS) is 1. The van der Waals surface area contributed by atoms with Gasteiger partial charge in [0.2, 0.25) is 11.8 Å². The zero-order valence-corrected chi connectivity index (χ0v) is 31.6. The van der Waals surface area contributed by atoms with Gasteiger partial charge in [-0.3, -0.25) is 14.4 Å².